The molecule has 3 nitrogen and oxygen atoms in total. The molecule has 5 heteroatoms. The summed E-state index contributed by atoms with van der Waals surface area (Å²) in [6.07, 6.45) is 2.36. The average molecular weight is 263 g/mol. The van der Waals surface area contributed by atoms with Crippen molar-refractivity contribution < 1.29 is 4.39 Å². The highest BCUT2D eigenvalue weighted by Crippen LogP contribution is 2.28. The van der Waals surface area contributed by atoms with Crippen molar-refractivity contribution >= 4 is 11.8 Å². The van der Waals surface area contributed by atoms with E-state index in [9.17, 15) is 4.39 Å². The minimum Gasteiger partial charge on any atom is -0.330 e. The molecule has 1 aromatic heterocycles. The molecule has 0 radical (unpaired) electrons. The third kappa shape index (κ3) is 3.27. The number of nitrogens with zero attached hydrogens (tertiary/aromatic N) is 2. The van der Waals surface area contributed by atoms with E-state index in [0.717, 1.165) is 16.2 Å². The molecule has 0 spiro atoms. The summed E-state index contributed by atoms with van der Waals surface area (Å²) < 4.78 is 13.2. The summed E-state index contributed by atoms with van der Waals surface area (Å²) >= 11 is 1.43. The van der Waals surface area contributed by atoms with Crippen LogP contribution in [0.15, 0.2) is 40.5 Å². The first kappa shape index (κ1) is 13.0. The maximum absolute atomic E-state index is 13.2. The summed E-state index contributed by atoms with van der Waals surface area (Å²) in [5.74, 6) is -0.243. The summed E-state index contributed by atoms with van der Waals surface area (Å²) in [6.45, 7) is 2.41. The quantitative estimate of drug-likeness (QED) is 0.861. The molecule has 0 bridgehead atoms. The van der Waals surface area contributed by atoms with Gasteiger partial charge in [0.25, 0.3) is 0 Å². The highest BCUT2D eigenvalue weighted by atomic mass is 32.2. The fourth-order valence-electron chi connectivity index (χ4n) is 1.57. The van der Waals surface area contributed by atoms with Crippen LogP contribution in [0.25, 0.3) is 0 Å². The van der Waals surface area contributed by atoms with Gasteiger partial charge in [0, 0.05) is 16.8 Å². The summed E-state index contributed by atoms with van der Waals surface area (Å²) in [4.78, 5) is 9.46. The van der Waals surface area contributed by atoms with E-state index in [4.69, 9.17) is 5.73 Å². The van der Waals surface area contributed by atoms with Crippen molar-refractivity contribution in [1.29, 1.82) is 0 Å². The molecule has 0 unspecified atom stereocenters. The van der Waals surface area contributed by atoms with Gasteiger partial charge in [-0.25, -0.2) is 14.4 Å². The third-order valence-corrected chi connectivity index (χ3v) is 3.41. The van der Waals surface area contributed by atoms with Gasteiger partial charge in [-0.15, -0.1) is 0 Å². The van der Waals surface area contributed by atoms with Crippen LogP contribution in [0.2, 0.25) is 0 Å². The second kappa shape index (κ2) is 5.93. The first-order valence-electron chi connectivity index (χ1n) is 5.65. The summed E-state index contributed by atoms with van der Waals surface area (Å²) in [5, 5.41) is 0.667. The molecule has 1 heterocycles. The zero-order valence-corrected chi connectivity index (χ0v) is 10.9. The van der Waals surface area contributed by atoms with Gasteiger partial charge in [0.1, 0.15) is 5.82 Å². The molecule has 0 saturated carbocycles. The molecular weight excluding hydrogens is 249 g/mol. The largest absolute Gasteiger partial charge is 0.330 e. The molecule has 1 aromatic carbocycles. The van der Waals surface area contributed by atoms with Crippen LogP contribution in [0.5, 0.6) is 0 Å². The Bertz CT molecular complexity index is 546. The molecule has 0 atom stereocenters. The fraction of sp³-hybridized carbons (Fsp3) is 0.231. The van der Waals surface area contributed by atoms with E-state index in [-0.39, 0.29) is 5.82 Å². The van der Waals surface area contributed by atoms with Crippen molar-refractivity contribution in [2.45, 2.75) is 23.4 Å². The second-order valence-corrected chi connectivity index (χ2v) is 4.88. The van der Waals surface area contributed by atoms with Gasteiger partial charge < -0.3 is 5.73 Å². The number of benzene rings is 1. The van der Waals surface area contributed by atoms with Crippen LogP contribution in [0.3, 0.4) is 0 Å². The van der Waals surface area contributed by atoms with E-state index < -0.39 is 0 Å². The number of aromatic nitrogens is 2. The van der Waals surface area contributed by atoms with Crippen molar-refractivity contribution in [3.8, 4) is 0 Å². The van der Waals surface area contributed by atoms with Crippen LogP contribution in [0.4, 0.5) is 4.39 Å². The van der Waals surface area contributed by atoms with E-state index in [2.05, 4.69) is 9.97 Å². The Morgan fingerprint density at radius 2 is 2.17 bits per heavy atom. The number of rotatable bonds is 4. The lowest BCUT2D eigenvalue weighted by molar-refractivity contribution is 0.623. The Morgan fingerprint density at radius 1 is 1.33 bits per heavy atom. The van der Waals surface area contributed by atoms with Crippen molar-refractivity contribution in [1.82, 2.24) is 9.97 Å². The first-order chi connectivity index (χ1) is 8.69. The zero-order valence-electron chi connectivity index (χ0n) is 10.1. The molecule has 94 valence electrons. The van der Waals surface area contributed by atoms with Gasteiger partial charge in [-0.2, -0.15) is 0 Å². The van der Waals surface area contributed by atoms with Crippen molar-refractivity contribution in [2.24, 2.45) is 5.73 Å². The predicted octanol–water partition coefficient (Wildman–Crippen LogP) is 2.58. The standard InChI is InChI=1S/C13H14FN3S/c1-9-5-7-16-13(17-9)18-12-3-2-11(14)8-10(12)4-6-15/h2-3,5,7-8H,4,6,15H2,1H3. The van der Waals surface area contributed by atoms with Crippen molar-refractivity contribution in [2.75, 3.05) is 6.54 Å². The van der Waals surface area contributed by atoms with Gasteiger partial charge in [0.05, 0.1) is 0 Å². The van der Waals surface area contributed by atoms with Crippen LogP contribution < -0.4 is 5.73 Å². The van der Waals surface area contributed by atoms with Gasteiger partial charge in [-0.05, 0) is 61.5 Å². The van der Waals surface area contributed by atoms with E-state index in [1.165, 1.54) is 23.9 Å². The summed E-state index contributed by atoms with van der Waals surface area (Å²) in [7, 11) is 0. The number of hydrogen-bond donors (Lipinski definition) is 1. The smallest absolute Gasteiger partial charge is 0.192 e. The molecule has 0 aliphatic rings. The molecule has 0 aliphatic carbocycles. The molecule has 0 fully saturated rings. The number of aryl methyl sites for hydroxylation is 1. The zero-order chi connectivity index (χ0) is 13.0. The van der Waals surface area contributed by atoms with Crippen LogP contribution in [-0.2, 0) is 6.42 Å². The lowest BCUT2D eigenvalue weighted by atomic mass is 10.1. The molecule has 2 aromatic rings. The lowest BCUT2D eigenvalue weighted by Gasteiger charge is -2.07. The molecule has 0 aliphatic heterocycles. The van der Waals surface area contributed by atoms with Gasteiger partial charge >= 0.3 is 0 Å². The van der Waals surface area contributed by atoms with E-state index in [1.807, 2.05) is 13.0 Å². The topological polar surface area (TPSA) is 51.8 Å². The Balaban J connectivity index is 2.28. The molecule has 2 N–H and O–H groups in total. The normalized spacial score (nSPS) is 10.6. The van der Waals surface area contributed by atoms with Gasteiger partial charge in [-0.1, -0.05) is 0 Å². The molecule has 18 heavy (non-hydrogen) atoms. The Hall–Kier alpha value is -1.46. The third-order valence-electron chi connectivity index (χ3n) is 2.41. The highest BCUT2D eigenvalue weighted by Gasteiger charge is 2.07. The molecule has 0 saturated heterocycles. The van der Waals surface area contributed by atoms with Crippen molar-refractivity contribution in [3.63, 3.8) is 0 Å². The lowest BCUT2D eigenvalue weighted by Crippen LogP contribution is -2.04. The average Bonchev–Trinajstić information content (AvgIpc) is 2.33. The maximum atomic E-state index is 13.2. The van der Waals surface area contributed by atoms with E-state index in [1.54, 1.807) is 12.3 Å². The predicted molar refractivity (Wildman–Crippen MR) is 70.1 cm³/mol. The molecule has 2 rings (SSSR count). The van der Waals surface area contributed by atoms with E-state index in [0.29, 0.717) is 18.1 Å². The van der Waals surface area contributed by atoms with Crippen LogP contribution in [0, 0.1) is 12.7 Å². The number of hydrogen-bond acceptors (Lipinski definition) is 4. The second-order valence-electron chi connectivity index (χ2n) is 3.87. The Morgan fingerprint density at radius 3 is 2.89 bits per heavy atom. The maximum Gasteiger partial charge on any atom is 0.192 e. The fourth-order valence-corrected chi connectivity index (χ4v) is 2.50. The number of nitrogens with two attached hydrogens (primary N) is 1. The monoisotopic (exact) mass is 263 g/mol. The summed E-state index contributed by atoms with van der Waals surface area (Å²) in [5.41, 5.74) is 7.34. The van der Waals surface area contributed by atoms with Crippen LogP contribution in [-0.4, -0.2) is 16.5 Å². The molecular formula is C13H14FN3S. The number of halogens is 1. The minimum atomic E-state index is -0.243. The van der Waals surface area contributed by atoms with E-state index >= 15 is 0 Å². The minimum absolute atomic E-state index is 0.243. The first-order valence-corrected chi connectivity index (χ1v) is 6.46. The SMILES string of the molecule is Cc1ccnc(Sc2ccc(F)cc2CCN)n1. The van der Waals surface area contributed by atoms with Crippen LogP contribution >= 0.6 is 11.8 Å². The van der Waals surface area contributed by atoms with Crippen LogP contribution in [0.1, 0.15) is 11.3 Å². The van der Waals surface area contributed by atoms with Crippen molar-refractivity contribution in [3.05, 3.63) is 47.5 Å². The van der Waals surface area contributed by atoms with Gasteiger partial charge in [0.2, 0.25) is 0 Å². The Kier molecular flexibility index (Phi) is 4.28. The molecule has 0 amide bonds. The summed E-state index contributed by atoms with van der Waals surface area (Å²) in [6, 6.07) is 6.55. The Labute approximate surface area is 110 Å². The van der Waals surface area contributed by atoms with Gasteiger partial charge in [0.15, 0.2) is 5.16 Å². The highest BCUT2D eigenvalue weighted by molar-refractivity contribution is 7.99. The van der Waals surface area contributed by atoms with Gasteiger partial charge in [-0.3, -0.25) is 0 Å².